The number of ether oxygens (including phenoxy) is 2. The number of carbonyl (C=O) groups excluding carboxylic acids is 1. The van der Waals surface area contributed by atoms with Gasteiger partial charge in [-0.05, 0) is 26.0 Å². The average Bonchev–Trinajstić information content (AvgIpc) is 2.29. The van der Waals surface area contributed by atoms with Gasteiger partial charge in [0.15, 0.2) is 0 Å². The van der Waals surface area contributed by atoms with Crippen molar-refractivity contribution in [3.63, 3.8) is 0 Å². The molecule has 1 N–H and O–H groups in total. The standard InChI is InChI=1S/C12H17NO3/c1-4-16-11-7-5-6-10(8-11)13-12(14)9(2)15-3/h5-9H,4H2,1-3H3,(H,13,14). The number of methoxy groups -OCH3 is 1. The first-order chi connectivity index (χ1) is 7.67. The Bertz CT molecular complexity index is 352. The molecule has 1 atom stereocenters. The Hall–Kier alpha value is -1.55. The zero-order valence-electron chi connectivity index (χ0n) is 9.82. The van der Waals surface area contributed by atoms with E-state index in [1.165, 1.54) is 7.11 Å². The molecule has 0 saturated heterocycles. The van der Waals surface area contributed by atoms with Crippen LogP contribution in [0.25, 0.3) is 0 Å². The smallest absolute Gasteiger partial charge is 0.253 e. The molecule has 88 valence electrons. The topological polar surface area (TPSA) is 47.6 Å². The molecule has 0 radical (unpaired) electrons. The molecule has 1 rings (SSSR count). The number of hydrogen-bond acceptors (Lipinski definition) is 3. The predicted molar refractivity (Wildman–Crippen MR) is 62.7 cm³/mol. The predicted octanol–water partition coefficient (Wildman–Crippen LogP) is 2.06. The lowest BCUT2D eigenvalue weighted by Gasteiger charge is -2.11. The summed E-state index contributed by atoms with van der Waals surface area (Å²) in [5.41, 5.74) is 0.708. The van der Waals surface area contributed by atoms with Crippen LogP contribution in [0.4, 0.5) is 5.69 Å². The molecule has 0 saturated carbocycles. The third-order valence-corrected chi connectivity index (χ3v) is 2.14. The van der Waals surface area contributed by atoms with Crippen LogP contribution in [-0.4, -0.2) is 25.7 Å². The van der Waals surface area contributed by atoms with Gasteiger partial charge in [0.1, 0.15) is 11.9 Å². The number of anilines is 1. The number of benzene rings is 1. The Morgan fingerprint density at radius 1 is 1.50 bits per heavy atom. The van der Waals surface area contributed by atoms with Gasteiger partial charge < -0.3 is 14.8 Å². The number of amides is 1. The van der Waals surface area contributed by atoms with Crippen molar-refractivity contribution >= 4 is 11.6 Å². The molecule has 0 spiro atoms. The van der Waals surface area contributed by atoms with Gasteiger partial charge in [0.2, 0.25) is 0 Å². The maximum Gasteiger partial charge on any atom is 0.253 e. The molecule has 1 amide bonds. The summed E-state index contributed by atoms with van der Waals surface area (Å²) in [6.45, 7) is 4.21. The molecule has 0 aliphatic carbocycles. The lowest BCUT2D eigenvalue weighted by atomic mass is 10.3. The van der Waals surface area contributed by atoms with Crippen molar-refractivity contribution in [1.82, 2.24) is 0 Å². The van der Waals surface area contributed by atoms with Gasteiger partial charge in [0.05, 0.1) is 6.61 Å². The molecule has 0 bridgehead atoms. The molecule has 1 aromatic rings. The largest absolute Gasteiger partial charge is 0.494 e. The van der Waals surface area contributed by atoms with Crippen LogP contribution in [0.2, 0.25) is 0 Å². The third kappa shape index (κ3) is 3.55. The second-order valence-corrected chi connectivity index (χ2v) is 3.33. The highest BCUT2D eigenvalue weighted by molar-refractivity contribution is 5.94. The van der Waals surface area contributed by atoms with E-state index in [4.69, 9.17) is 9.47 Å². The number of nitrogens with one attached hydrogen (secondary N) is 1. The maximum atomic E-state index is 11.5. The van der Waals surface area contributed by atoms with E-state index < -0.39 is 6.10 Å². The van der Waals surface area contributed by atoms with Crippen LogP contribution in [0, 0.1) is 0 Å². The van der Waals surface area contributed by atoms with Gasteiger partial charge in [-0.3, -0.25) is 4.79 Å². The highest BCUT2D eigenvalue weighted by atomic mass is 16.5. The summed E-state index contributed by atoms with van der Waals surface area (Å²) in [4.78, 5) is 11.5. The van der Waals surface area contributed by atoms with Crippen LogP contribution < -0.4 is 10.1 Å². The van der Waals surface area contributed by atoms with Crippen LogP contribution in [-0.2, 0) is 9.53 Å². The third-order valence-electron chi connectivity index (χ3n) is 2.14. The molecule has 0 aliphatic heterocycles. The zero-order chi connectivity index (χ0) is 12.0. The molecule has 16 heavy (non-hydrogen) atoms. The molecule has 4 heteroatoms. The molecule has 0 heterocycles. The van der Waals surface area contributed by atoms with Gasteiger partial charge in [0.25, 0.3) is 5.91 Å². The van der Waals surface area contributed by atoms with Crippen molar-refractivity contribution in [2.45, 2.75) is 20.0 Å². The fourth-order valence-corrected chi connectivity index (χ4v) is 1.18. The SMILES string of the molecule is CCOc1cccc(NC(=O)C(C)OC)c1. The quantitative estimate of drug-likeness (QED) is 0.831. The Balaban J connectivity index is 2.66. The minimum Gasteiger partial charge on any atom is -0.494 e. The lowest BCUT2D eigenvalue weighted by Crippen LogP contribution is -2.26. The average molecular weight is 223 g/mol. The van der Waals surface area contributed by atoms with E-state index in [0.29, 0.717) is 12.3 Å². The highest BCUT2D eigenvalue weighted by Gasteiger charge is 2.11. The van der Waals surface area contributed by atoms with Gasteiger partial charge >= 0.3 is 0 Å². The summed E-state index contributed by atoms with van der Waals surface area (Å²) in [6, 6.07) is 7.27. The van der Waals surface area contributed by atoms with Crippen LogP contribution in [0.3, 0.4) is 0 Å². The summed E-state index contributed by atoms with van der Waals surface area (Å²) < 4.78 is 10.3. The van der Waals surface area contributed by atoms with Crippen molar-refractivity contribution in [2.75, 3.05) is 19.0 Å². The van der Waals surface area contributed by atoms with E-state index in [9.17, 15) is 4.79 Å². The van der Waals surface area contributed by atoms with E-state index in [-0.39, 0.29) is 5.91 Å². The first-order valence-electron chi connectivity index (χ1n) is 5.24. The van der Waals surface area contributed by atoms with E-state index >= 15 is 0 Å². The van der Waals surface area contributed by atoms with Crippen molar-refractivity contribution in [3.8, 4) is 5.75 Å². The molecular formula is C12H17NO3. The molecule has 4 nitrogen and oxygen atoms in total. The van der Waals surface area contributed by atoms with Crippen LogP contribution in [0.15, 0.2) is 24.3 Å². The Kier molecular flexibility index (Phi) is 4.79. The van der Waals surface area contributed by atoms with Gasteiger partial charge in [0, 0.05) is 18.9 Å². The Morgan fingerprint density at radius 2 is 2.25 bits per heavy atom. The number of carbonyl (C=O) groups is 1. The van der Waals surface area contributed by atoms with Crippen LogP contribution in [0.1, 0.15) is 13.8 Å². The number of hydrogen-bond donors (Lipinski definition) is 1. The molecule has 0 fully saturated rings. The summed E-state index contributed by atoms with van der Waals surface area (Å²) in [6.07, 6.45) is -0.462. The Labute approximate surface area is 95.6 Å². The van der Waals surface area contributed by atoms with Gasteiger partial charge in [-0.15, -0.1) is 0 Å². The van der Waals surface area contributed by atoms with E-state index in [2.05, 4.69) is 5.32 Å². The fraction of sp³-hybridized carbons (Fsp3) is 0.417. The molecule has 1 unspecified atom stereocenters. The highest BCUT2D eigenvalue weighted by Crippen LogP contribution is 2.17. The van der Waals surface area contributed by atoms with E-state index in [0.717, 1.165) is 5.75 Å². The number of rotatable bonds is 5. The van der Waals surface area contributed by atoms with E-state index in [1.54, 1.807) is 13.0 Å². The summed E-state index contributed by atoms with van der Waals surface area (Å²) >= 11 is 0. The first kappa shape index (κ1) is 12.5. The van der Waals surface area contributed by atoms with Gasteiger partial charge in [-0.1, -0.05) is 6.07 Å². The molecule has 0 aliphatic rings. The normalized spacial score (nSPS) is 11.9. The lowest BCUT2D eigenvalue weighted by molar-refractivity contribution is -0.124. The summed E-state index contributed by atoms with van der Waals surface area (Å²) in [5.74, 6) is 0.571. The molecule has 0 aromatic heterocycles. The van der Waals surface area contributed by atoms with Crippen molar-refractivity contribution < 1.29 is 14.3 Å². The Morgan fingerprint density at radius 3 is 2.88 bits per heavy atom. The van der Waals surface area contributed by atoms with Crippen molar-refractivity contribution in [3.05, 3.63) is 24.3 Å². The van der Waals surface area contributed by atoms with Crippen LogP contribution >= 0.6 is 0 Å². The monoisotopic (exact) mass is 223 g/mol. The zero-order valence-corrected chi connectivity index (χ0v) is 9.82. The van der Waals surface area contributed by atoms with Crippen molar-refractivity contribution in [1.29, 1.82) is 0 Å². The minimum absolute atomic E-state index is 0.170. The maximum absolute atomic E-state index is 11.5. The van der Waals surface area contributed by atoms with E-state index in [1.807, 2.05) is 25.1 Å². The summed E-state index contributed by atoms with van der Waals surface area (Å²) in [5, 5.41) is 2.75. The minimum atomic E-state index is -0.462. The summed E-state index contributed by atoms with van der Waals surface area (Å²) in [7, 11) is 1.50. The second kappa shape index (κ2) is 6.12. The first-order valence-corrected chi connectivity index (χ1v) is 5.24. The molecular weight excluding hydrogens is 206 g/mol. The van der Waals surface area contributed by atoms with Gasteiger partial charge in [-0.2, -0.15) is 0 Å². The van der Waals surface area contributed by atoms with Gasteiger partial charge in [-0.25, -0.2) is 0 Å². The second-order valence-electron chi connectivity index (χ2n) is 3.33. The fourth-order valence-electron chi connectivity index (χ4n) is 1.18. The van der Waals surface area contributed by atoms with Crippen molar-refractivity contribution in [2.24, 2.45) is 0 Å². The molecule has 1 aromatic carbocycles. The van der Waals surface area contributed by atoms with Crippen LogP contribution in [0.5, 0.6) is 5.75 Å².